The topological polar surface area (TPSA) is 69.5 Å². The normalized spacial score (nSPS) is 18.4. The van der Waals surface area contributed by atoms with Gasteiger partial charge in [0.2, 0.25) is 0 Å². The molecule has 150 valence electrons. The van der Waals surface area contributed by atoms with Crippen molar-refractivity contribution in [2.45, 2.75) is 52.1 Å². The average Bonchev–Trinajstić information content (AvgIpc) is 2.98. The number of nitrogens with one attached hydrogen (secondary N) is 3. The molecular weight excluding hydrogens is 441 g/mol. The number of nitrogens with zero attached hydrogens (tertiary/aromatic N) is 4. The zero-order valence-electron chi connectivity index (χ0n) is 16.9. The predicted octanol–water partition coefficient (Wildman–Crippen LogP) is 1.95. The number of aromatic nitrogens is 2. The Labute approximate surface area is 175 Å². The Morgan fingerprint density at radius 3 is 2.77 bits per heavy atom. The van der Waals surface area contributed by atoms with Crippen LogP contribution in [-0.2, 0) is 7.05 Å². The van der Waals surface area contributed by atoms with Crippen LogP contribution in [0.2, 0.25) is 0 Å². The van der Waals surface area contributed by atoms with Crippen LogP contribution >= 0.6 is 24.0 Å². The van der Waals surface area contributed by atoms with Gasteiger partial charge < -0.3 is 20.9 Å². The van der Waals surface area contributed by atoms with Gasteiger partial charge in [0, 0.05) is 51.0 Å². The van der Waals surface area contributed by atoms with Crippen LogP contribution in [0.25, 0.3) is 0 Å². The number of rotatable bonds is 6. The zero-order chi connectivity index (χ0) is 18.3. The molecule has 1 aliphatic rings. The Balaban J connectivity index is 0.00000338. The SMILES string of the molecule is CCNC(=NCCNC(C)(C)C)NC1CCCN(c2cnn(C)c2)C1.I. The Morgan fingerprint density at radius 1 is 1.38 bits per heavy atom. The summed E-state index contributed by atoms with van der Waals surface area (Å²) in [5, 5.41) is 14.7. The summed E-state index contributed by atoms with van der Waals surface area (Å²) in [7, 11) is 1.96. The van der Waals surface area contributed by atoms with Gasteiger partial charge in [-0.3, -0.25) is 9.67 Å². The molecule has 0 spiro atoms. The van der Waals surface area contributed by atoms with Crippen LogP contribution < -0.4 is 20.9 Å². The molecule has 0 aromatic carbocycles. The molecule has 1 aromatic heterocycles. The van der Waals surface area contributed by atoms with Crippen LogP contribution in [0, 0.1) is 0 Å². The van der Waals surface area contributed by atoms with E-state index in [9.17, 15) is 0 Å². The van der Waals surface area contributed by atoms with Crippen LogP contribution in [0.3, 0.4) is 0 Å². The zero-order valence-corrected chi connectivity index (χ0v) is 19.2. The minimum absolute atomic E-state index is 0. The van der Waals surface area contributed by atoms with Gasteiger partial charge in [0.05, 0.1) is 18.4 Å². The summed E-state index contributed by atoms with van der Waals surface area (Å²) in [5.41, 5.74) is 1.33. The van der Waals surface area contributed by atoms with Crippen LogP contribution in [-0.4, -0.2) is 60.0 Å². The van der Waals surface area contributed by atoms with Crippen molar-refractivity contribution in [3.05, 3.63) is 12.4 Å². The molecule has 2 rings (SSSR count). The van der Waals surface area contributed by atoms with Crippen molar-refractivity contribution in [2.75, 3.05) is 37.6 Å². The molecule has 8 heteroatoms. The van der Waals surface area contributed by atoms with E-state index in [-0.39, 0.29) is 29.5 Å². The number of aryl methyl sites for hydroxylation is 1. The second-order valence-electron chi connectivity index (χ2n) is 7.74. The van der Waals surface area contributed by atoms with Gasteiger partial charge in [0.25, 0.3) is 0 Å². The first-order valence-corrected chi connectivity index (χ1v) is 9.41. The first kappa shape index (κ1) is 23.0. The minimum atomic E-state index is 0. The molecule has 7 nitrogen and oxygen atoms in total. The van der Waals surface area contributed by atoms with Crippen molar-refractivity contribution in [3.63, 3.8) is 0 Å². The lowest BCUT2D eigenvalue weighted by Gasteiger charge is -2.34. The first-order valence-electron chi connectivity index (χ1n) is 9.41. The number of halogens is 1. The van der Waals surface area contributed by atoms with Crippen molar-refractivity contribution >= 4 is 35.6 Å². The third-order valence-electron chi connectivity index (χ3n) is 4.20. The molecule has 1 atom stereocenters. The highest BCUT2D eigenvalue weighted by Crippen LogP contribution is 2.18. The van der Waals surface area contributed by atoms with Gasteiger partial charge in [-0.1, -0.05) is 0 Å². The average molecular weight is 477 g/mol. The molecule has 0 saturated carbocycles. The fourth-order valence-electron chi connectivity index (χ4n) is 3.01. The summed E-state index contributed by atoms with van der Waals surface area (Å²) in [6.45, 7) is 13.2. The van der Waals surface area contributed by atoms with E-state index in [1.165, 1.54) is 18.5 Å². The highest BCUT2D eigenvalue weighted by Gasteiger charge is 2.21. The number of hydrogen-bond donors (Lipinski definition) is 3. The number of hydrogen-bond acceptors (Lipinski definition) is 4. The summed E-state index contributed by atoms with van der Waals surface area (Å²) in [6, 6.07) is 0.405. The molecule has 0 aliphatic carbocycles. The van der Waals surface area contributed by atoms with E-state index in [0.717, 1.165) is 38.7 Å². The van der Waals surface area contributed by atoms with Crippen molar-refractivity contribution in [1.29, 1.82) is 0 Å². The second kappa shape index (κ2) is 11.0. The fraction of sp³-hybridized carbons (Fsp3) is 0.778. The lowest BCUT2D eigenvalue weighted by atomic mass is 10.1. The molecule has 1 saturated heterocycles. The van der Waals surface area contributed by atoms with E-state index >= 15 is 0 Å². The number of aliphatic imine (C=N–C) groups is 1. The maximum Gasteiger partial charge on any atom is 0.191 e. The summed E-state index contributed by atoms with van der Waals surface area (Å²) >= 11 is 0. The molecule has 1 fully saturated rings. The van der Waals surface area contributed by atoms with Crippen LogP contribution in [0.1, 0.15) is 40.5 Å². The molecule has 2 heterocycles. The lowest BCUT2D eigenvalue weighted by Crippen LogP contribution is -2.51. The van der Waals surface area contributed by atoms with Gasteiger partial charge in [-0.25, -0.2) is 0 Å². The van der Waals surface area contributed by atoms with Crippen molar-refractivity contribution in [3.8, 4) is 0 Å². The van der Waals surface area contributed by atoms with E-state index in [0.29, 0.717) is 6.04 Å². The van der Waals surface area contributed by atoms with Crippen LogP contribution in [0.5, 0.6) is 0 Å². The Kier molecular flexibility index (Phi) is 9.70. The highest BCUT2D eigenvalue weighted by molar-refractivity contribution is 14.0. The molecule has 1 unspecified atom stereocenters. The van der Waals surface area contributed by atoms with Gasteiger partial charge in [0.15, 0.2) is 5.96 Å². The summed E-state index contributed by atoms with van der Waals surface area (Å²) in [5.74, 6) is 0.913. The van der Waals surface area contributed by atoms with Gasteiger partial charge in [-0.05, 0) is 40.5 Å². The fourth-order valence-corrected chi connectivity index (χ4v) is 3.01. The highest BCUT2D eigenvalue weighted by atomic mass is 127. The predicted molar refractivity (Wildman–Crippen MR) is 121 cm³/mol. The Morgan fingerprint density at radius 2 is 2.15 bits per heavy atom. The number of guanidine groups is 1. The Hall–Kier alpha value is -1.03. The molecule has 0 amide bonds. The molecule has 1 aliphatic heterocycles. The van der Waals surface area contributed by atoms with E-state index in [2.05, 4.69) is 59.8 Å². The third kappa shape index (κ3) is 8.11. The molecule has 0 bridgehead atoms. The smallest absolute Gasteiger partial charge is 0.191 e. The molecule has 26 heavy (non-hydrogen) atoms. The minimum Gasteiger partial charge on any atom is -0.367 e. The largest absolute Gasteiger partial charge is 0.367 e. The first-order chi connectivity index (χ1) is 11.9. The summed E-state index contributed by atoms with van der Waals surface area (Å²) in [6.07, 6.45) is 6.37. The second-order valence-corrected chi connectivity index (χ2v) is 7.74. The molecule has 1 aromatic rings. The van der Waals surface area contributed by atoms with Crippen LogP contribution in [0.4, 0.5) is 5.69 Å². The van der Waals surface area contributed by atoms with Gasteiger partial charge in [-0.2, -0.15) is 5.10 Å². The van der Waals surface area contributed by atoms with Crippen molar-refractivity contribution < 1.29 is 0 Å². The quantitative estimate of drug-likeness (QED) is 0.253. The molecule has 3 N–H and O–H groups in total. The standard InChI is InChI=1S/C18H35N7.HI/c1-6-19-17(20-9-10-21-18(2,3)4)23-15-8-7-11-25(13-15)16-12-22-24(5)14-16;/h12,14-15,21H,6-11,13H2,1-5H3,(H2,19,20,23);1H. The molecular formula is C18H36IN7. The molecule has 0 radical (unpaired) electrons. The Bertz CT molecular complexity index is 550. The van der Waals surface area contributed by atoms with E-state index in [1.54, 1.807) is 0 Å². The van der Waals surface area contributed by atoms with Crippen molar-refractivity contribution in [2.24, 2.45) is 12.0 Å². The maximum absolute atomic E-state index is 4.71. The third-order valence-corrected chi connectivity index (χ3v) is 4.20. The maximum atomic E-state index is 4.71. The summed E-state index contributed by atoms with van der Waals surface area (Å²) < 4.78 is 1.86. The van der Waals surface area contributed by atoms with Gasteiger partial charge in [0.1, 0.15) is 0 Å². The van der Waals surface area contributed by atoms with Gasteiger partial charge >= 0.3 is 0 Å². The van der Waals surface area contributed by atoms with Gasteiger partial charge in [-0.15, -0.1) is 24.0 Å². The lowest BCUT2D eigenvalue weighted by molar-refractivity contribution is 0.431. The van der Waals surface area contributed by atoms with Crippen LogP contribution in [0.15, 0.2) is 17.4 Å². The number of anilines is 1. The number of piperidine rings is 1. The summed E-state index contributed by atoms with van der Waals surface area (Å²) in [4.78, 5) is 7.11. The van der Waals surface area contributed by atoms with E-state index in [4.69, 9.17) is 4.99 Å². The van der Waals surface area contributed by atoms with Crippen molar-refractivity contribution in [1.82, 2.24) is 25.7 Å². The van der Waals surface area contributed by atoms with E-state index < -0.39 is 0 Å². The van der Waals surface area contributed by atoms with E-state index in [1.807, 2.05) is 17.9 Å². The monoisotopic (exact) mass is 477 g/mol.